The first-order chi connectivity index (χ1) is 7.15. The molecule has 0 aliphatic rings. The predicted octanol–water partition coefficient (Wildman–Crippen LogP) is 2.78. The molecule has 0 fully saturated rings. The number of alkyl halides is 3. The van der Waals surface area contributed by atoms with Crippen molar-refractivity contribution in [3.63, 3.8) is 0 Å². The normalized spacial score (nSPS) is 10.5. The molecule has 0 atom stereocenters. The molecule has 84 valence electrons. The van der Waals surface area contributed by atoms with Crippen molar-refractivity contribution in [2.75, 3.05) is 14.2 Å². The molecular formula is C9H10ClF2NO2. The Morgan fingerprint density at radius 3 is 2.33 bits per heavy atom. The third kappa shape index (κ3) is 2.28. The summed E-state index contributed by atoms with van der Waals surface area (Å²) in [6.07, 6.45) is -1.62. The molecule has 1 aromatic rings. The zero-order chi connectivity index (χ0) is 11.4. The summed E-state index contributed by atoms with van der Waals surface area (Å²) in [5.41, 5.74) is 0.0728. The van der Waals surface area contributed by atoms with Crippen LogP contribution in [0.15, 0.2) is 6.20 Å². The van der Waals surface area contributed by atoms with Crippen LogP contribution in [0.3, 0.4) is 0 Å². The summed E-state index contributed by atoms with van der Waals surface area (Å²) < 4.78 is 34.9. The van der Waals surface area contributed by atoms with Crippen molar-refractivity contribution < 1.29 is 18.3 Å². The Bertz CT molecular complexity index is 347. The number of pyridine rings is 1. The fourth-order valence-corrected chi connectivity index (χ4v) is 1.39. The molecule has 1 heterocycles. The number of aromatic nitrogens is 1. The van der Waals surface area contributed by atoms with Crippen LogP contribution in [0.5, 0.6) is 11.5 Å². The van der Waals surface area contributed by atoms with Gasteiger partial charge in [-0.25, -0.2) is 8.78 Å². The number of rotatable bonds is 4. The van der Waals surface area contributed by atoms with E-state index in [1.807, 2.05) is 0 Å². The summed E-state index contributed by atoms with van der Waals surface area (Å²) in [7, 11) is 2.65. The number of methoxy groups -OCH3 is 2. The molecule has 0 spiro atoms. The van der Waals surface area contributed by atoms with Crippen LogP contribution >= 0.6 is 11.6 Å². The third-order valence-electron chi connectivity index (χ3n) is 1.86. The quantitative estimate of drug-likeness (QED) is 0.755. The lowest BCUT2D eigenvalue weighted by atomic mass is 10.2. The minimum atomic E-state index is -2.66. The highest BCUT2D eigenvalue weighted by atomic mass is 35.5. The maximum absolute atomic E-state index is 12.6. The highest BCUT2D eigenvalue weighted by Crippen LogP contribution is 2.38. The van der Waals surface area contributed by atoms with Gasteiger partial charge in [-0.2, -0.15) is 0 Å². The van der Waals surface area contributed by atoms with Gasteiger partial charge in [-0.15, -0.1) is 11.6 Å². The molecule has 0 bridgehead atoms. The first kappa shape index (κ1) is 12.0. The predicted molar refractivity (Wildman–Crippen MR) is 51.9 cm³/mol. The summed E-state index contributed by atoms with van der Waals surface area (Å²) in [6.45, 7) is 0. The minimum absolute atomic E-state index is 0.0156. The Morgan fingerprint density at radius 2 is 1.93 bits per heavy atom. The third-order valence-corrected chi connectivity index (χ3v) is 2.11. The Balaban J connectivity index is 3.34. The van der Waals surface area contributed by atoms with Crippen LogP contribution in [-0.4, -0.2) is 19.2 Å². The van der Waals surface area contributed by atoms with Gasteiger partial charge >= 0.3 is 0 Å². The summed E-state index contributed by atoms with van der Waals surface area (Å²) in [5, 5.41) is 0. The van der Waals surface area contributed by atoms with Gasteiger partial charge < -0.3 is 9.47 Å². The van der Waals surface area contributed by atoms with Crippen LogP contribution in [0.2, 0.25) is 0 Å². The van der Waals surface area contributed by atoms with Crippen LogP contribution in [0.1, 0.15) is 17.7 Å². The van der Waals surface area contributed by atoms with E-state index in [2.05, 4.69) is 4.98 Å². The largest absolute Gasteiger partial charge is 0.492 e. The van der Waals surface area contributed by atoms with Crippen molar-refractivity contribution in [1.29, 1.82) is 0 Å². The molecule has 0 saturated heterocycles. The molecule has 6 heteroatoms. The maximum atomic E-state index is 12.6. The van der Waals surface area contributed by atoms with Crippen molar-refractivity contribution >= 4 is 11.6 Å². The lowest BCUT2D eigenvalue weighted by Gasteiger charge is -2.13. The minimum Gasteiger partial charge on any atom is -0.492 e. The average molecular weight is 238 g/mol. The first-order valence-corrected chi connectivity index (χ1v) is 4.63. The Hall–Kier alpha value is -1.10. The lowest BCUT2D eigenvalue weighted by molar-refractivity contribution is 0.145. The van der Waals surface area contributed by atoms with Crippen molar-refractivity contribution in [3.05, 3.63) is 17.5 Å². The maximum Gasteiger partial charge on any atom is 0.269 e. The number of halogens is 3. The Kier molecular flexibility index (Phi) is 4.08. The molecule has 0 unspecified atom stereocenters. The van der Waals surface area contributed by atoms with Crippen LogP contribution in [0.4, 0.5) is 8.78 Å². The van der Waals surface area contributed by atoms with E-state index in [-0.39, 0.29) is 22.9 Å². The van der Waals surface area contributed by atoms with Crippen LogP contribution < -0.4 is 9.47 Å². The van der Waals surface area contributed by atoms with Crippen LogP contribution in [0.25, 0.3) is 0 Å². The second-order valence-electron chi connectivity index (χ2n) is 2.66. The van der Waals surface area contributed by atoms with Gasteiger partial charge in [-0.3, -0.25) is 4.98 Å². The summed E-state index contributed by atoms with van der Waals surface area (Å²) in [5.74, 6) is 0.215. The zero-order valence-corrected chi connectivity index (χ0v) is 9.02. The van der Waals surface area contributed by atoms with Crippen molar-refractivity contribution in [1.82, 2.24) is 4.98 Å². The van der Waals surface area contributed by atoms with Gasteiger partial charge in [-0.1, -0.05) is 0 Å². The summed E-state index contributed by atoms with van der Waals surface area (Å²) >= 11 is 5.59. The van der Waals surface area contributed by atoms with Crippen molar-refractivity contribution in [2.24, 2.45) is 0 Å². The lowest BCUT2D eigenvalue weighted by Crippen LogP contribution is -2.01. The van der Waals surface area contributed by atoms with Gasteiger partial charge in [0.2, 0.25) is 0 Å². The Labute approximate surface area is 91.0 Å². The SMILES string of the molecule is COc1c(C(F)F)cnc(CCl)c1OC. The second-order valence-corrected chi connectivity index (χ2v) is 2.93. The van der Waals surface area contributed by atoms with Gasteiger partial charge in [0, 0.05) is 6.20 Å². The van der Waals surface area contributed by atoms with E-state index < -0.39 is 6.43 Å². The molecule has 0 amide bonds. The number of hydrogen-bond acceptors (Lipinski definition) is 3. The van der Waals surface area contributed by atoms with E-state index in [4.69, 9.17) is 21.1 Å². The number of nitrogens with zero attached hydrogens (tertiary/aromatic N) is 1. The fourth-order valence-electron chi connectivity index (χ4n) is 1.20. The molecule has 1 aromatic heterocycles. The van der Waals surface area contributed by atoms with Crippen molar-refractivity contribution in [2.45, 2.75) is 12.3 Å². The molecular weight excluding hydrogens is 228 g/mol. The molecule has 1 rings (SSSR count). The molecule has 0 aromatic carbocycles. The van der Waals surface area contributed by atoms with Gasteiger partial charge in [0.25, 0.3) is 6.43 Å². The topological polar surface area (TPSA) is 31.4 Å². The van der Waals surface area contributed by atoms with Gasteiger partial charge in [-0.05, 0) is 0 Å². The monoisotopic (exact) mass is 237 g/mol. The van der Waals surface area contributed by atoms with Crippen LogP contribution in [0, 0.1) is 0 Å². The standard InChI is InChI=1S/C9H10ClF2NO2/c1-14-7-5(9(11)12)4-13-6(3-10)8(7)15-2/h4,9H,3H2,1-2H3. The van der Waals surface area contributed by atoms with E-state index in [1.165, 1.54) is 14.2 Å². The van der Waals surface area contributed by atoms with E-state index in [9.17, 15) is 8.78 Å². The van der Waals surface area contributed by atoms with Crippen LogP contribution in [-0.2, 0) is 5.88 Å². The molecule has 0 N–H and O–H groups in total. The molecule has 0 radical (unpaired) electrons. The van der Waals surface area contributed by atoms with E-state index in [0.717, 1.165) is 6.20 Å². The Morgan fingerprint density at radius 1 is 1.33 bits per heavy atom. The highest BCUT2D eigenvalue weighted by molar-refractivity contribution is 6.17. The zero-order valence-electron chi connectivity index (χ0n) is 8.26. The summed E-state index contributed by atoms with van der Waals surface area (Å²) in [4.78, 5) is 3.78. The number of ether oxygens (including phenoxy) is 2. The smallest absolute Gasteiger partial charge is 0.269 e. The first-order valence-electron chi connectivity index (χ1n) is 4.09. The van der Waals surface area contributed by atoms with Gasteiger partial charge in [0.1, 0.15) is 5.69 Å². The molecule has 15 heavy (non-hydrogen) atoms. The van der Waals surface area contributed by atoms with Gasteiger partial charge in [0.05, 0.1) is 25.7 Å². The second kappa shape index (κ2) is 5.11. The molecule has 0 aliphatic carbocycles. The van der Waals surface area contributed by atoms with Gasteiger partial charge in [0.15, 0.2) is 11.5 Å². The summed E-state index contributed by atoms with van der Waals surface area (Å²) in [6, 6.07) is 0. The fraction of sp³-hybridized carbons (Fsp3) is 0.444. The van der Waals surface area contributed by atoms with Crippen molar-refractivity contribution in [3.8, 4) is 11.5 Å². The molecule has 0 aliphatic heterocycles. The highest BCUT2D eigenvalue weighted by Gasteiger charge is 2.21. The van der Waals surface area contributed by atoms with E-state index >= 15 is 0 Å². The molecule has 3 nitrogen and oxygen atoms in total. The van der Waals surface area contributed by atoms with E-state index in [0.29, 0.717) is 5.69 Å². The number of hydrogen-bond donors (Lipinski definition) is 0. The average Bonchev–Trinajstić information content (AvgIpc) is 2.26. The van der Waals surface area contributed by atoms with E-state index in [1.54, 1.807) is 0 Å². The molecule has 0 saturated carbocycles.